The Morgan fingerprint density at radius 3 is 3.21 bits per heavy atom. The third kappa shape index (κ3) is 3.25. The van der Waals surface area contributed by atoms with Gasteiger partial charge in [-0.2, -0.15) is 0 Å². The molecule has 1 unspecified atom stereocenters. The minimum atomic E-state index is -0.445. The Kier molecular flexibility index (Phi) is 3.34. The van der Waals surface area contributed by atoms with Crippen molar-refractivity contribution in [3.8, 4) is 5.19 Å². The van der Waals surface area contributed by atoms with Gasteiger partial charge in [0.25, 0.3) is 5.19 Å². The van der Waals surface area contributed by atoms with Crippen molar-refractivity contribution < 1.29 is 9.84 Å². The zero-order valence-corrected chi connectivity index (χ0v) is 8.67. The molecule has 0 radical (unpaired) electrons. The standard InChI is InChI=1S/C9H14N2O2S/c12-8(5-11-7-1-2-7)6-13-9-10-3-4-14-9/h3-4,7-8,11-12H,1-2,5-6H2. The summed E-state index contributed by atoms with van der Waals surface area (Å²) in [6.07, 6.45) is 3.72. The first-order valence-corrected chi connectivity index (χ1v) is 5.66. The summed E-state index contributed by atoms with van der Waals surface area (Å²) in [6, 6.07) is 0.629. The zero-order valence-electron chi connectivity index (χ0n) is 7.85. The molecule has 78 valence electrons. The van der Waals surface area contributed by atoms with Gasteiger partial charge in [0.15, 0.2) is 0 Å². The van der Waals surface area contributed by atoms with E-state index in [1.54, 1.807) is 6.20 Å². The number of thiazole rings is 1. The number of hydrogen-bond donors (Lipinski definition) is 2. The maximum atomic E-state index is 9.51. The lowest BCUT2D eigenvalue weighted by Crippen LogP contribution is -2.32. The maximum Gasteiger partial charge on any atom is 0.273 e. The van der Waals surface area contributed by atoms with Gasteiger partial charge in [-0.1, -0.05) is 11.3 Å². The molecule has 1 aromatic heterocycles. The van der Waals surface area contributed by atoms with Crippen LogP contribution in [0.3, 0.4) is 0 Å². The van der Waals surface area contributed by atoms with Gasteiger partial charge in [-0.15, -0.1) is 0 Å². The fourth-order valence-corrected chi connectivity index (χ4v) is 1.59. The molecule has 4 nitrogen and oxygen atoms in total. The van der Waals surface area contributed by atoms with Crippen molar-refractivity contribution in [3.63, 3.8) is 0 Å². The highest BCUT2D eigenvalue weighted by molar-refractivity contribution is 7.11. The van der Waals surface area contributed by atoms with E-state index in [0.717, 1.165) is 0 Å². The van der Waals surface area contributed by atoms with Gasteiger partial charge in [-0.05, 0) is 12.8 Å². The highest BCUT2D eigenvalue weighted by atomic mass is 32.1. The molecular formula is C9H14N2O2S. The molecule has 1 atom stereocenters. The molecule has 0 bridgehead atoms. The van der Waals surface area contributed by atoms with Gasteiger partial charge in [0.05, 0.1) is 0 Å². The Hall–Kier alpha value is -0.650. The number of hydrogen-bond acceptors (Lipinski definition) is 5. The Morgan fingerprint density at radius 2 is 2.57 bits per heavy atom. The van der Waals surface area contributed by atoms with E-state index < -0.39 is 6.10 Å². The Labute approximate surface area is 86.9 Å². The third-order valence-corrected chi connectivity index (χ3v) is 2.71. The molecule has 1 fully saturated rings. The summed E-state index contributed by atoms with van der Waals surface area (Å²) in [4.78, 5) is 3.96. The van der Waals surface area contributed by atoms with Crippen molar-refractivity contribution in [1.29, 1.82) is 0 Å². The second-order valence-corrected chi connectivity index (χ2v) is 4.30. The first-order valence-electron chi connectivity index (χ1n) is 4.78. The Bertz CT molecular complexity index is 262. The molecular weight excluding hydrogens is 200 g/mol. The first kappa shape index (κ1) is 9.89. The van der Waals surface area contributed by atoms with Crippen molar-refractivity contribution in [2.75, 3.05) is 13.2 Å². The maximum absolute atomic E-state index is 9.51. The molecule has 2 N–H and O–H groups in total. The molecule has 1 aliphatic carbocycles. The average molecular weight is 214 g/mol. The number of ether oxygens (including phenoxy) is 1. The summed E-state index contributed by atoms with van der Waals surface area (Å²) in [5.41, 5.74) is 0. The first-order chi connectivity index (χ1) is 6.84. The SMILES string of the molecule is OC(CNC1CC1)COc1nccs1. The van der Waals surface area contributed by atoms with Gasteiger partial charge in [0.2, 0.25) is 0 Å². The predicted octanol–water partition coefficient (Wildman–Crippen LogP) is 0.635. The average Bonchev–Trinajstić information content (AvgIpc) is 2.87. The number of nitrogens with one attached hydrogen (secondary N) is 1. The van der Waals surface area contributed by atoms with Crippen LogP contribution in [0.1, 0.15) is 12.8 Å². The van der Waals surface area contributed by atoms with Crippen molar-refractivity contribution in [3.05, 3.63) is 11.6 Å². The van der Waals surface area contributed by atoms with Crippen LogP contribution in [0.25, 0.3) is 0 Å². The minimum Gasteiger partial charge on any atom is -0.467 e. The van der Waals surface area contributed by atoms with E-state index in [-0.39, 0.29) is 0 Å². The normalized spacial score (nSPS) is 18.1. The lowest BCUT2D eigenvalue weighted by molar-refractivity contribution is 0.106. The number of aliphatic hydroxyl groups is 1. The van der Waals surface area contributed by atoms with Crippen molar-refractivity contribution in [2.45, 2.75) is 25.0 Å². The van der Waals surface area contributed by atoms with Gasteiger partial charge in [-0.25, -0.2) is 4.98 Å². The van der Waals surface area contributed by atoms with Crippen LogP contribution in [0, 0.1) is 0 Å². The van der Waals surface area contributed by atoms with E-state index in [2.05, 4.69) is 10.3 Å². The summed E-state index contributed by atoms with van der Waals surface area (Å²) in [5.74, 6) is 0. The second-order valence-electron chi connectivity index (χ2n) is 3.45. The summed E-state index contributed by atoms with van der Waals surface area (Å²) >= 11 is 1.44. The highest BCUT2D eigenvalue weighted by Gasteiger charge is 2.21. The number of aliphatic hydroxyl groups excluding tert-OH is 1. The summed E-state index contributed by atoms with van der Waals surface area (Å²) < 4.78 is 5.28. The monoisotopic (exact) mass is 214 g/mol. The summed E-state index contributed by atoms with van der Waals surface area (Å²) in [7, 11) is 0. The predicted molar refractivity (Wildman–Crippen MR) is 54.6 cm³/mol. The summed E-state index contributed by atoms with van der Waals surface area (Å²) in [5, 5.41) is 15.2. The molecule has 14 heavy (non-hydrogen) atoms. The molecule has 0 amide bonds. The molecule has 0 aliphatic heterocycles. The van der Waals surface area contributed by atoms with Crippen LogP contribution in [0.2, 0.25) is 0 Å². The lowest BCUT2D eigenvalue weighted by Gasteiger charge is -2.10. The van der Waals surface area contributed by atoms with Crippen LogP contribution >= 0.6 is 11.3 Å². The van der Waals surface area contributed by atoms with Gasteiger partial charge < -0.3 is 15.2 Å². The van der Waals surface area contributed by atoms with Crippen molar-refractivity contribution in [1.82, 2.24) is 10.3 Å². The fourth-order valence-electron chi connectivity index (χ4n) is 1.10. The van der Waals surface area contributed by atoms with Crippen LogP contribution in [0.15, 0.2) is 11.6 Å². The quantitative estimate of drug-likeness (QED) is 0.729. The largest absolute Gasteiger partial charge is 0.467 e. The zero-order chi connectivity index (χ0) is 9.80. The Balaban J connectivity index is 1.59. The minimum absolute atomic E-state index is 0.313. The van der Waals surface area contributed by atoms with Gasteiger partial charge in [-0.3, -0.25) is 0 Å². The van der Waals surface area contributed by atoms with E-state index in [1.165, 1.54) is 24.2 Å². The van der Waals surface area contributed by atoms with Crippen LogP contribution in [-0.4, -0.2) is 35.4 Å². The molecule has 1 aromatic rings. The highest BCUT2D eigenvalue weighted by Crippen LogP contribution is 2.18. The molecule has 2 rings (SSSR count). The van der Waals surface area contributed by atoms with Gasteiger partial charge in [0.1, 0.15) is 12.7 Å². The Morgan fingerprint density at radius 1 is 1.71 bits per heavy atom. The van der Waals surface area contributed by atoms with Crippen LogP contribution in [0.4, 0.5) is 0 Å². The molecule has 1 aliphatic rings. The topological polar surface area (TPSA) is 54.4 Å². The van der Waals surface area contributed by atoms with Crippen LogP contribution < -0.4 is 10.1 Å². The van der Waals surface area contributed by atoms with Crippen LogP contribution in [0.5, 0.6) is 5.19 Å². The molecule has 5 heteroatoms. The fraction of sp³-hybridized carbons (Fsp3) is 0.667. The van der Waals surface area contributed by atoms with E-state index in [4.69, 9.17) is 4.74 Å². The third-order valence-electron chi connectivity index (χ3n) is 2.03. The lowest BCUT2D eigenvalue weighted by atomic mass is 10.4. The van der Waals surface area contributed by atoms with Gasteiger partial charge in [0, 0.05) is 24.2 Å². The van der Waals surface area contributed by atoms with Crippen molar-refractivity contribution >= 4 is 11.3 Å². The number of nitrogens with zero attached hydrogens (tertiary/aromatic N) is 1. The molecule has 1 saturated carbocycles. The number of aromatic nitrogens is 1. The number of rotatable bonds is 6. The molecule has 1 heterocycles. The van der Waals surface area contributed by atoms with Crippen molar-refractivity contribution in [2.24, 2.45) is 0 Å². The molecule has 0 spiro atoms. The van der Waals surface area contributed by atoms with E-state index in [0.29, 0.717) is 24.4 Å². The molecule has 0 aromatic carbocycles. The van der Waals surface area contributed by atoms with E-state index >= 15 is 0 Å². The smallest absolute Gasteiger partial charge is 0.273 e. The molecule has 0 saturated heterocycles. The second kappa shape index (κ2) is 4.72. The van der Waals surface area contributed by atoms with Crippen LogP contribution in [-0.2, 0) is 0 Å². The van der Waals surface area contributed by atoms with E-state index in [9.17, 15) is 5.11 Å². The van der Waals surface area contributed by atoms with E-state index in [1.807, 2.05) is 5.38 Å². The van der Waals surface area contributed by atoms with Gasteiger partial charge >= 0.3 is 0 Å². The summed E-state index contributed by atoms with van der Waals surface area (Å²) in [6.45, 7) is 0.920.